The molecule has 7 heteroatoms. The van der Waals surface area contributed by atoms with Crippen molar-refractivity contribution in [3.8, 4) is 5.75 Å². The van der Waals surface area contributed by atoms with Crippen LogP contribution in [0.1, 0.15) is 39.5 Å². The van der Waals surface area contributed by atoms with Crippen molar-refractivity contribution in [2.24, 2.45) is 4.99 Å². The van der Waals surface area contributed by atoms with Crippen LogP contribution in [0.15, 0.2) is 35.3 Å². The summed E-state index contributed by atoms with van der Waals surface area (Å²) < 4.78 is 5.75. The number of hydrogen-bond acceptors (Lipinski definition) is 3. The van der Waals surface area contributed by atoms with Gasteiger partial charge in [-0.1, -0.05) is 18.2 Å². The minimum atomic E-state index is 0. The number of benzene rings is 1. The molecule has 0 aliphatic carbocycles. The number of amides is 1. The molecule has 0 aromatic heterocycles. The van der Waals surface area contributed by atoms with Crippen LogP contribution in [0.25, 0.3) is 0 Å². The maximum absolute atomic E-state index is 12.4. The average molecular weight is 502 g/mol. The Bertz CT molecular complexity index is 597. The number of likely N-dealkylation sites (N-methyl/N-ethyl adjacent to an activating group) is 1. The Kier molecular flexibility index (Phi) is 11.9. The minimum Gasteiger partial charge on any atom is -0.492 e. The third-order valence-electron chi connectivity index (χ3n) is 4.85. The fraction of sp³-hybridized carbons (Fsp3) is 0.619. The summed E-state index contributed by atoms with van der Waals surface area (Å²) in [5.74, 6) is 1.90. The van der Waals surface area contributed by atoms with Gasteiger partial charge in [-0.25, -0.2) is 0 Å². The van der Waals surface area contributed by atoms with Gasteiger partial charge >= 0.3 is 0 Å². The molecule has 1 saturated heterocycles. The first-order valence-corrected chi connectivity index (χ1v) is 10.1. The third-order valence-corrected chi connectivity index (χ3v) is 4.85. The van der Waals surface area contributed by atoms with Crippen LogP contribution in [0, 0.1) is 0 Å². The van der Waals surface area contributed by atoms with E-state index in [4.69, 9.17) is 4.74 Å². The van der Waals surface area contributed by atoms with Gasteiger partial charge in [0.05, 0.1) is 13.1 Å². The van der Waals surface area contributed by atoms with E-state index in [1.165, 1.54) is 6.42 Å². The van der Waals surface area contributed by atoms with Crippen molar-refractivity contribution in [2.75, 3.05) is 39.8 Å². The largest absolute Gasteiger partial charge is 0.492 e. The van der Waals surface area contributed by atoms with E-state index >= 15 is 0 Å². The van der Waals surface area contributed by atoms with Gasteiger partial charge in [0.1, 0.15) is 12.4 Å². The summed E-state index contributed by atoms with van der Waals surface area (Å²) in [6, 6.07) is 10.2. The first-order chi connectivity index (χ1) is 13.1. The summed E-state index contributed by atoms with van der Waals surface area (Å²) in [4.78, 5) is 21.1. The van der Waals surface area contributed by atoms with Crippen LogP contribution in [0.5, 0.6) is 5.75 Å². The van der Waals surface area contributed by atoms with Gasteiger partial charge in [0.2, 0.25) is 5.91 Å². The van der Waals surface area contributed by atoms with Gasteiger partial charge in [0.15, 0.2) is 5.96 Å². The zero-order valence-electron chi connectivity index (χ0n) is 17.4. The monoisotopic (exact) mass is 502 g/mol. The third kappa shape index (κ3) is 8.24. The van der Waals surface area contributed by atoms with Crippen LogP contribution < -0.4 is 10.1 Å². The van der Waals surface area contributed by atoms with Crippen molar-refractivity contribution in [2.45, 2.75) is 45.6 Å². The Labute approximate surface area is 186 Å². The maximum atomic E-state index is 12.4. The van der Waals surface area contributed by atoms with Crippen molar-refractivity contribution < 1.29 is 9.53 Å². The van der Waals surface area contributed by atoms with Gasteiger partial charge in [0, 0.05) is 32.6 Å². The first kappa shape index (κ1) is 24.5. The molecule has 1 amide bonds. The number of ether oxygens (including phenoxy) is 1. The minimum absolute atomic E-state index is 0. The fourth-order valence-electron chi connectivity index (χ4n) is 3.26. The standard InChI is InChI=1S/C21H34N4O2.HI/c1-4-22-21(24(3)16-17-27-19-11-6-5-7-12-19)23-14-13-20(26)25-15-9-8-10-18(25)2;/h5-7,11-12,18H,4,8-10,13-17H2,1-3H3,(H,22,23);1H. The molecule has 0 saturated carbocycles. The highest BCUT2D eigenvalue weighted by atomic mass is 127. The molecular formula is C21H35IN4O2. The number of para-hydroxylation sites is 1. The summed E-state index contributed by atoms with van der Waals surface area (Å²) in [6.45, 7) is 7.68. The number of piperidine rings is 1. The van der Waals surface area contributed by atoms with E-state index in [9.17, 15) is 4.79 Å². The fourth-order valence-corrected chi connectivity index (χ4v) is 3.26. The number of hydrogen-bond donors (Lipinski definition) is 1. The lowest BCUT2D eigenvalue weighted by atomic mass is 10.0. The van der Waals surface area contributed by atoms with Gasteiger partial charge in [-0.05, 0) is 45.2 Å². The van der Waals surface area contributed by atoms with Crippen LogP contribution in [0.2, 0.25) is 0 Å². The zero-order valence-corrected chi connectivity index (χ0v) is 19.7. The number of carbonyl (C=O) groups excluding carboxylic acids is 1. The Morgan fingerprint density at radius 2 is 2.07 bits per heavy atom. The summed E-state index contributed by atoms with van der Waals surface area (Å²) >= 11 is 0. The van der Waals surface area contributed by atoms with E-state index in [-0.39, 0.29) is 29.9 Å². The summed E-state index contributed by atoms with van der Waals surface area (Å²) in [6.07, 6.45) is 3.92. The molecule has 6 nitrogen and oxygen atoms in total. The van der Waals surface area contributed by atoms with Crippen molar-refractivity contribution in [3.63, 3.8) is 0 Å². The van der Waals surface area contributed by atoms with E-state index < -0.39 is 0 Å². The van der Waals surface area contributed by atoms with E-state index in [1.807, 2.05) is 54.1 Å². The van der Waals surface area contributed by atoms with Crippen LogP contribution in [0.3, 0.4) is 0 Å². The summed E-state index contributed by atoms with van der Waals surface area (Å²) in [5, 5.41) is 3.29. The first-order valence-electron chi connectivity index (χ1n) is 10.1. The average Bonchev–Trinajstić information content (AvgIpc) is 2.68. The second-order valence-electron chi connectivity index (χ2n) is 7.00. The molecule has 0 radical (unpaired) electrons. The molecule has 1 N–H and O–H groups in total. The Hall–Kier alpha value is -1.51. The van der Waals surface area contributed by atoms with Gasteiger partial charge in [-0.3, -0.25) is 9.79 Å². The molecule has 2 rings (SSSR count). The van der Waals surface area contributed by atoms with Gasteiger partial charge < -0.3 is 19.9 Å². The van der Waals surface area contributed by atoms with Crippen molar-refractivity contribution in [3.05, 3.63) is 30.3 Å². The SMILES string of the molecule is CCNC(=NCCC(=O)N1CCCCC1C)N(C)CCOc1ccccc1.I. The molecule has 1 aromatic rings. The molecular weight excluding hydrogens is 467 g/mol. The molecule has 1 aromatic carbocycles. The number of nitrogens with zero attached hydrogens (tertiary/aromatic N) is 3. The topological polar surface area (TPSA) is 57.2 Å². The van der Waals surface area contributed by atoms with E-state index in [0.29, 0.717) is 25.6 Å². The van der Waals surface area contributed by atoms with Crippen LogP contribution in [-0.2, 0) is 4.79 Å². The lowest BCUT2D eigenvalue weighted by Gasteiger charge is -2.33. The zero-order chi connectivity index (χ0) is 19.5. The molecule has 1 fully saturated rings. The van der Waals surface area contributed by atoms with Crippen molar-refractivity contribution in [1.82, 2.24) is 15.1 Å². The quantitative estimate of drug-likeness (QED) is 0.337. The molecule has 1 aliphatic heterocycles. The number of rotatable bonds is 8. The molecule has 1 unspecified atom stereocenters. The number of halogens is 1. The second kappa shape index (κ2) is 13.6. The Morgan fingerprint density at radius 3 is 2.75 bits per heavy atom. The predicted octanol–water partition coefficient (Wildman–Crippen LogP) is 3.37. The summed E-state index contributed by atoms with van der Waals surface area (Å²) in [7, 11) is 1.99. The van der Waals surface area contributed by atoms with Gasteiger partial charge in [-0.15, -0.1) is 24.0 Å². The van der Waals surface area contributed by atoms with Crippen LogP contribution in [0.4, 0.5) is 0 Å². The molecule has 0 spiro atoms. The van der Waals surface area contributed by atoms with Gasteiger partial charge in [-0.2, -0.15) is 0 Å². The summed E-state index contributed by atoms with van der Waals surface area (Å²) in [5.41, 5.74) is 0. The predicted molar refractivity (Wildman–Crippen MR) is 126 cm³/mol. The number of nitrogens with one attached hydrogen (secondary N) is 1. The number of likely N-dealkylation sites (tertiary alicyclic amines) is 1. The normalized spacial score (nSPS) is 16.9. The Balaban J connectivity index is 0.00000392. The van der Waals surface area contributed by atoms with Crippen LogP contribution in [-0.4, -0.2) is 67.5 Å². The van der Waals surface area contributed by atoms with Crippen molar-refractivity contribution in [1.29, 1.82) is 0 Å². The van der Waals surface area contributed by atoms with Crippen LogP contribution >= 0.6 is 24.0 Å². The van der Waals surface area contributed by atoms with E-state index in [2.05, 4.69) is 17.2 Å². The highest BCUT2D eigenvalue weighted by molar-refractivity contribution is 14.0. The number of aliphatic imine (C=N–C) groups is 1. The second-order valence-corrected chi connectivity index (χ2v) is 7.00. The van der Waals surface area contributed by atoms with Crippen molar-refractivity contribution >= 4 is 35.8 Å². The highest BCUT2D eigenvalue weighted by Crippen LogP contribution is 2.17. The molecule has 28 heavy (non-hydrogen) atoms. The molecule has 1 aliphatic rings. The number of carbonyl (C=O) groups is 1. The van der Waals surface area contributed by atoms with E-state index in [1.54, 1.807) is 0 Å². The Morgan fingerprint density at radius 1 is 1.32 bits per heavy atom. The highest BCUT2D eigenvalue weighted by Gasteiger charge is 2.22. The molecule has 158 valence electrons. The lowest BCUT2D eigenvalue weighted by Crippen LogP contribution is -2.43. The number of guanidine groups is 1. The smallest absolute Gasteiger partial charge is 0.224 e. The van der Waals surface area contributed by atoms with Gasteiger partial charge in [0.25, 0.3) is 0 Å². The molecule has 1 atom stereocenters. The molecule has 1 heterocycles. The lowest BCUT2D eigenvalue weighted by molar-refractivity contribution is -0.134. The maximum Gasteiger partial charge on any atom is 0.224 e. The van der Waals surface area contributed by atoms with E-state index in [0.717, 1.165) is 44.2 Å². The molecule has 0 bridgehead atoms.